The van der Waals surface area contributed by atoms with E-state index >= 15 is 0 Å². The summed E-state index contributed by atoms with van der Waals surface area (Å²) in [7, 11) is 0. The molecule has 3 heteroatoms. The average Bonchev–Trinajstić information content (AvgIpc) is 2.67. The summed E-state index contributed by atoms with van der Waals surface area (Å²) in [6, 6.07) is 6.40. The molecule has 1 aromatic heterocycles. The van der Waals surface area contributed by atoms with Gasteiger partial charge in [-0.2, -0.15) is 5.26 Å². The molecule has 2 nitrogen and oxygen atoms in total. The maximum atomic E-state index is 9.28. The van der Waals surface area contributed by atoms with Gasteiger partial charge in [0.1, 0.15) is 4.60 Å². The monoisotopic (exact) mass is 250 g/mol. The van der Waals surface area contributed by atoms with Gasteiger partial charge in [-0.1, -0.05) is 12.8 Å². The zero-order chi connectivity index (χ0) is 10.0. The van der Waals surface area contributed by atoms with E-state index in [1.807, 2.05) is 12.1 Å². The average molecular weight is 251 g/mol. The van der Waals surface area contributed by atoms with Crippen molar-refractivity contribution in [3.8, 4) is 6.07 Å². The number of nitrogens with zero attached hydrogens (tertiary/aromatic N) is 2. The first kappa shape index (κ1) is 9.67. The predicted octanol–water partition coefficient (Wildman–Crippen LogP) is 3.18. The summed E-state index contributed by atoms with van der Waals surface area (Å²) in [5.41, 5.74) is 0.866. The van der Waals surface area contributed by atoms with Crippen LogP contribution < -0.4 is 0 Å². The first-order chi connectivity index (χ1) is 6.77. The standard InChI is InChI=1S/C11H11BrN2/c12-10-7-9(3-6-14-10)11(8-13)4-1-2-5-11/h3,6-7H,1-2,4-5H2. The predicted molar refractivity (Wildman–Crippen MR) is 57.7 cm³/mol. The van der Waals surface area contributed by atoms with Gasteiger partial charge in [-0.05, 0) is 46.5 Å². The van der Waals surface area contributed by atoms with E-state index in [-0.39, 0.29) is 5.41 Å². The highest BCUT2D eigenvalue weighted by molar-refractivity contribution is 9.10. The molecule has 0 aromatic carbocycles. The highest BCUT2D eigenvalue weighted by Crippen LogP contribution is 2.40. The van der Waals surface area contributed by atoms with Crippen LogP contribution in [-0.4, -0.2) is 4.98 Å². The summed E-state index contributed by atoms with van der Waals surface area (Å²) in [6.07, 6.45) is 6.05. The van der Waals surface area contributed by atoms with Crippen molar-refractivity contribution < 1.29 is 0 Å². The fraction of sp³-hybridized carbons (Fsp3) is 0.455. The largest absolute Gasteiger partial charge is 0.249 e. The fourth-order valence-corrected chi connectivity index (χ4v) is 2.51. The van der Waals surface area contributed by atoms with Gasteiger partial charge in [0.15, 0.2) is 0 Å². The summed E-state index contributed by atoms with van der Waals surface area (Å²) >= 11 is 3.34. The first-order valence-corrected chi connectivity index (χ1v) is 5.59. The highest BCUT2D eigenvalue weighted by Gasteiger charge is 2.35. The molecular weight excluding hydrogens is 240 g/mol. The third kappa shape index (κ3) is 1.55. The molecule has 72 valence electrons. The molecule has 0 N–H and O–H groups in total. The lowest BCUT2D eigenvalue weighted by atomic mass is 9.81. The second-order valence-electron chi connectivity index (χ2n) is 3.77. The molecule has 0 bridgehead atoms. The topological polar surface area (TPSA) is 36.7 Å². The van der Waals surface area contributed by atoms with E-state index in [4.69, 9.17) is 0 Å². The summed E-state index contributed by atoms with van der Waals surface area (Å²) in [6.45, 7) is 0. The van der Waals surface area contributed by atoms with E-state index in [9.17, 15) is 5.26 Å². The molecule has 0 saturated heterocycles. The van der Waals surface area contributed by atoms with Gasteiger partial charge in [0, 0.05) is 6.20 Å². The van der Waals surface area contributed by atoms with Gasteiger partial charge in [0.25, 0.3) is 0 Å². The SMILES string of the molecule is N#CC1(c2ccnc(Br)c2)CCCC1. The van der Waals surface area contributed by atoms with Crippen LogP contribution in [0.4, 0.5) is 0 Å². The van der Waals surface area contributed by atoms with E-state index in [1.165, 1.54) is 0 Å². The summed E-state index contributed by atoms with van der Waals surface area (Å²) < 4.78 is 0.816. The lowest BCUT2D eigenvalue weighted by molar-refractivity contribution is 0.571. The second kappa shape index (κ2) is 3.70. The number of hydrogen-bond acceptors (Lipinski definition) is 2. The zero-order valence-corrected chi connectivity index (χ0v) is 9.42. The Hall–Kier alpha value is -0.880. The van der Waals surface area contributed by atoms with Crippen molar-refractivity contribution in [1.82, 2.24) is 4.98 Å². The molecule has 1 aliphatic carbocycles. The van der Waals surface area contributed by atoms with Crippen molar-refractivity contribution in [2.45, 2.75) is 31.1 Å². The lowest BCUT2D eigenvalue weighted by Gasteiger charge is -2.20. The Morgan fingerprint density at radius 2 is 2.14 bits per heavy atom. The minimum Gasteiger partial charge on any atom is -0.249 e. The summed E-state index contributed by atoms with van der Waals surface area (Å²) in [5, 5.41) is 9.28. The van der Waals surface area contributed by atoms with E-state index in [0.29, 0.717) is 0 Å². The Kier molecular flexibility index (Phi) is 2.56. The van der Waals surface area contributed by atoms with Crippen LogP contribution in [0.5, 0.6) is 0 Å². The smallest absolute Gasteiger partial charge is 0.106 e. The number of hydrogen-bond donors (Lipinski definition) is 0. The normalized spacial score (nSPS) is 19.1. The van der Waals surface area contributed by atoms with Crippen molar-refractivity contribution in [2.75, 3.05) is 0 Å². The molecule has 0 atom stereocenters. The fourth-order valence-electron chi connectivity index (χ4n) is 2.14. The van der Waals surface area contributed by atoms with Gasteiger partial charge in [-0.15, -0.1) is 0 Å². The van der Waals surface area contributed by atoms with Crippen LogP contribution in [0.15, 0.2) is 22.9 Å². The van der Waals surface area contributed by atoms with E-state index in [1.54, 1.807) is 6.20 Å². The summed E-state index contributed by atoms with van der Waals surface area (Å²) in [4.78, 5) is 4.08. The van der Waals surface area contributed by atoms with Crippen LogP contribution in [0, 0.1) is 11.3 Å². The maximum absolute atomic E-state index is 9.28. The van der Waals surface area contributed by atoms with E-state index < -0.39 is 0 Å². The number of halogens is 1. The lowest BCUT2D eigenvalue weighted by Crippen LogP contribution is -2.19. The highest BCUT2D eigenvalue weighted by atomic mass is 79.9. The Morgan fingerprint density at radius 1 is 1.43 bits per heavy atom. The first-order valence-electron chi connectivity index (χ1n) is 4.80. The molecule has 1 aliphatic rings. The molecule has 1 fully saturated rings. The van der Waals surface area contributed by atoms with Gasteiger partial charge < -0.3 is 0 Å². The third-order valence-corrected chi connectivity index (χ3v) is 3.38. The number of nitriles is 1. The van der Waals surface area contributed by atoms with Gasteiger partial charge in [-0.3, -0.25) is 0 Å². The van der Waals surface area contributed by atoms with E-state index in [0.717, 1.165) is 35.8 Å². The van der Waals surface area contributed by atoms with Gasteiger partial charge in [0.05, 0.1) is 11.5 Å². The van der Waals surface area contributed by atoms with Gasteiger partial charge in [-0.25, -0.2) is 4.98 Å². The van der Waals surface area contributed by atoms with Crippen LogP contribution in [0.25, 0.3) is 0 Å². The van der Waals surface area contributed by atoms with Crippen molar-refractivity contribution in [2.24, 2.45) is 0 Å². The minimum atomic E-state index is -0.245. The maximum Gasteiger partial charge on any atom is 0.106 e. The van der Waals surface area contributed by atoms with Crippen LogP contribution >= 0.6 is 15.9 Å². The second-order valence-corrected chi connectivity index (χ2v) is 4.58. The van der Waals surface area contributed by atoms with Crippen molar-refractivity contribution >= 4 is 15.9 Å². The zero-order valence-electron chi connectivity index (χ0n) is 7.83. The van der Waals surface area contributed by atoms with Gasteiger partial charge >= 0.3 is 0 Å². The van der Waals surface area contributed by atoms with E-state index in [2.05, 4.69) is 27.0 Å². The molecule has 2 rings (SSSR count). The molecule has 1 saturated carbocycles. The molecule has 1 heterocycles. The Morgan fingerprint density at radius 3 is 2.71 bits per heavy atom. The molecule has 0 amide bonds. The molecule has 0 unspecified atom stereocenters. The Balaban J connectivity index is 2.42. The van der Waals surface area contributed by atoms with Crippen LogP contribution in [-0.2, 0) is 5.41 Å². The molecule has 14 heavy (non-hydrogen) atoms. The summed E-state index contributed by atoms with van der Waals surface area (Å²) in [5.74, 6) is 0. The Bertz CT molecular complexity index is 375. The number of pyridine rings is 1. The van der Waals surface area contributed by atoms with Crippen LogP contribution in [0.1, 0.15) is 31.2 Å². The molecule has 0 radical (unpaired) electrons. The van der Waals surface area contributed by atoms with Crippen LogP contribution in [0.3, 0.4) is 0 Å². The third-order valence-electron chi connectivity index (χ3n) is 2.95. The minimum absolute atomic E-state index is 0.245. The molecular formula is C11H11BrN2. The molecule has 0 spiro atoms. The quantitative estimate of drug-likeness (QED) is 0.719. The molecule has 0 aliphatic heterocycles. The number of aromatic nitrogens is 1. The van der Waals surface area contributed by atoms with Crippen molar-refractivity contribution in [3.63, 3.8) is 0 Å². The Labute approximate surface area is 92.1 Å². The van der Waals surface area contributed by atoms with Crippen molar-refractivity contribution in [3.05, 3.63) is 28.5 Å². The van der Waals surface area contributed by atoms with Crippen LogP contribution in [0.2, 0.25) is 0 Å². The van der Waals surface area contributed by atoms with Crippen molar-refractivity contribution in [1.29, 1.82) is 5.26 Å². The number of rotatable bonds is 1. The van der Waals surface area contributed by atoms with Gasteiger partial charge in [0.2, 0.25) is 0 Å². The molecule has 1 aromatic rings.